The van der Waals surface area contributed by atoms with E-state index in [-0.39, 0.29) is 0 Å². The average molecular weight is 239 g/mol. The standard InChI is InChI=1S/C12H21N3O2/c1-5-12(16,6-2)7-13-10-9(3)11(17-4)15-8-14-10/h8,16H,5-7H2,1-4H3,(H,13,14,15). The van der Waals surface area contributed by atoms with Gasteiger partial charge < -0.3 is 15.2 Å². The Morgan fingerprint density at radius 3 is 2.53 bits per heavy atom. The molecule has 0 aliphatic carbocycles. The summed E-state index contributed by atoms with van der Waals surface area (Å²) < 4.78 is 5.12. The summed E-state index contributed by atoms with van der Waals surface area (Å²) in [5.74, 6) is 1.26. The highest BCUT2D eigenvalue weighted by Crippen LogP contribution is 2.21. The third-order valence-corrected chi connectivity index (χ3v) is 3.13. The van der Waals surface area contributed by atoms with Gasteiger partial charge in [0.2, 0.25) is 5.88 Å². The lowest BCUT2D eigenvalue weighted by atomic mass is 9.97. The summed E-state index contributed by atoms with van der Waals surface area (Å²) in [7, 11) is 1.58. The molecule has 0 unspecified atom stereocenters. The van der Waals surface area contributed by atoms with E-state index in [4.69, 9.17) is 4.74 Å². The van der Waals surface area contributed by atoms with Crippen molar-refractivity contribution < 1.29 is 9.84 Å². The van der Waals surface area contributed by atoms with E-state index in [1.54, 1.807) is 7.11 Å². The number of aromatic nitrogens is 2. The predicted octanol–water partition coefficient (Wildman–Crippen LogP) is 1.76. The number of nitrogens with zero attached hydrogens (tertiary/aromatic N) is 2. The van der Waals surface area contributed by atoms with E-state index in [1.807, 2.05) is 20.8 Å². The van der Waals surface area contributed by atoms with Crippen LogP contribution in [-0.2, 0) is 0 Å². The fourth-order valence-electron chi connectivity index (χ4n) is 1.57. The number of aliphatic hydroxyl groups is 1. The molecule has 0 amide bonds. The molecular weight excluding hydrogens is 218 g/mol. The van der Waals surface area contributed by atoms with Gasteiger partial charge in [0.25, 0.3) is 0 Å². The molecule has 0 atom stereocenters. The molecule has 5 heteroatoms. The van der Waals surface area contributed by atoms with Gasteiger partial charge >= 0.3 is 0 Å². The fourth-order valence-corrected chi connectivity index (χ4v) is 1.57. The molecule has 1 rings (SSSR count). The molecular formula is C12H21N3O2. The van der Waals surface area contributed by atoms with Crippen LogP contribution in [0.15, 0.2) is 6.33 Å². The van der Waals surface area contributed by atoms with E-state index < -0.39 is 5.60 Å². The van der Waals surface area contributed by atoms with Crippen LogP contribution < -0.4 is 10.1 Å². The van der Waals surface area contributed by atoms with Crippen molar-refractivity contribution >= 4 is 5.82 Å². The summed E-state index contributed by atoms with van der Waals surface area (Å²) in [5, 5.41) is 13.3. The third-order valence-electron chi connectivity index (χ3n) is 3.13. The minimum Gasteiger partial charge on any atom is -0.481 e. The minimum atomic E-state index is -0.690. The lowest BCUT2D eigenvalue weighted by Gasteiger charge is -2.26. The molecule has 0 fully saturated rings. The second-order valence-electron chi connectivity index (χ2n) is 4.14. The topological polar surface area (TPSA) is 67.3 Å². The molecule has 0 bridgehead atoms. The Balaban J connectivity index is 2.76. The van der Waals surface area contributed by atoms with Crippen LogP contribution in [0.5, 0.6) is 5.88 Å². The molecule has 5 nitrogen and oxygen atoms in total. The van der Waals surface area contributed by atoms with Gasteiger partial charge in [-0.15, -0.1) is 0 Å². The Morgan fingerprint density at radius 1 is 1.35 bits per heavy atom. The Bertz CT molecular complexity index is 365. The van der Waals surface area contributed by atoms with E-state index in [9.17, 15) is 5.11 Å². The number of ether oxygens (including phenoxy) is 1. The summed E-state index contributed by atoms with van der Waals surface area (Å²) >= 11 is 0. The van der Waals surface area contributed by atoms with Crippen molar-refractivity contribution in [3.8, 4) is 5.88 Å². The Labute approximate surface area is 102 Å². The number of hydrogen-bond donors (Lipinski definition) is 2. The smallest absolute Gasteiger partial charge is 0.221 e. The molecule has 2 N–H and O–H groups in total. The highest BCUT2D eigenvalue weighted by Gasteiger charge is 2.22. The van der Waals surface area contributed by atoms with E-state index in [1.165, 1.54) is 6.33 Å². The molecule has 17 heavy (non-hydrogen) atoms. The molecule has 0 spiro atoms. The predicted molar refractivity (Wildman–Crippen MR) is 67.3 cm³/mol. The lowest BCUT2D eigenvalue weighted by Crippen LogP contribution is -2.35. The molecule has 0 radical (unpaired) electrons. The first-order valence-corrected chi connectivity index (χ1v) is 5.88. The Morgan fingerprint density at radius 2 is 2.00 bits per heavy atom. The van der Waals surface area contributed by atoms with Crippen LogP contribution >= 0.6 is 0 Å². The average Bonchev–Trinajstić information content (AvgIpc) is 2.37. The van der Waals surface area contributed by atoms with E-state index in [0.29, 0.717) is 31.1 Å². The van der Waals surface area contributed by atoms with Crippen molar-refractivity contribution in [1.82, 2.24) is 9.97 Å². The SMILES string of the molecule is CCC(O)(CC)CNc1ncnc(OC)c1C. The molecule has 1 aromatic heterocycles. The minimum absolute atomic E-state index is 0.473. The molecule has 0 aliphatic heterocycles. The van der Waals surface area contributed by atoms with Crippen LogP contribution in [0.1, 0.15) is 32.3 Å². The molecule has 96 valence electrons. The maximum absolute atomic E-state index is 10.2. The maximum atomic E-state index is 10.2. The van der Waals surface area contributed by atoms with Gasteiger partial charge in [0.15, 0.2) is 0 Å². The van der Waals surface area contributed by atoms with Crippen molar-refractivity contribution in [2.45, 2.75) is 39.2 Å². The molecule has 0 aliphatic rings. The van der Waals surface area contributed by atoms with Crippen LogP contribution in [0, 0.1) is 6.92 Å². The van der Waals surface area contributed by atoms with Gasteiger partial charge in [0.1, 0.15) is 12.1 Å². The van der Waals surface area contributed by atoms with E-state index >= 15 is 0 Å². The zero-order valence-electron chi connectivity index (χ0n) is 10.9. The van der Waals surface area contributed by atoms with Gasteiger partial charge in [0, 0.05) is 6.54 Å². The molecule has 1 heterocycles. The largest absolute Gasteiger partial charge is 0.481 e. The second-order valence-corrected chi connectivity index (χ2v) is 4.14. The van der Waals surface area contributed by atoms with Crippen LogP contribution in [0.3, 0.4) is 0 Å². The maximum Gasteiger partial charge on any atom is 0.221 e. The van der Waals surface area contributed by atoms with Crippen molar-refractivity contribution in [2.75, 3.05) is 19.0 Å². The first-order valence-electron chi connectivity index (χ1n) is 5.88. The lowest BCUT2D eigenvalue weighted by molar-refractivity contribution is 0.0456. The van der Waals surface area contributed by atoms with Crippen molar-refractivity contribution in [1.29, 1.82) is 0 Å². The first-order chi connectivity index (χ1) is 8.06. The van der Waals surface area contributed by atoms with Crippen LogP contribution in [-0.4, -0.2) is 34.3 Å². The Hall–Kier alpha value is -1.36. The number of rotatable bonds is 6. The zero-order valence-corrected chi connectivity index (χ0v) is 10.9. The van der Waals surface area contributed by atoms with Gasteiger partial charge in [-0.2, -0.15) is 0 Å². The molecule has 0 saturated heterocycles. The second kappa shape index (κ2) is 5.82. The van der Waals surface area contributed by atoms with Crippen LogP contribution in [0.4, 0.5) is 5.82 Å². The highest BCUT2D eigenvalue weighted by atomic mass is 16.5. The summed E-state index contributed by atoms with van der Waals surface area (Å²) in [5.41, 5.74) is 0.162. The fraction of sp³-hybridized carbons (Fsp3) is 0.667. The number of anilines is 1. The van der Waals surface area contributed by atoms with Crippen LogP contribution in [0.25, 0.3) is 0 Å². The van der Waals surface area contributed by atoms with Crippen molar-refractivity contribution in [3.05, 3.63) is 11.9 Å². The Kier molecular flexibility index (Phi) is 4.69. The van der Waals surface area contributed by atoms with Gasteiger partial charge in [-0.1, -0.05) is 13.8 Å². The molecule has 0 aromatic carbocycles. The number of hydrogen-bond acceptors (Lipinski definition) is 5. The summed E-state index contributed by atoms with van der Waals surface area (Å²) in [6.45, 7) is 6.30. The van der Waals surface area contributed by atoms with E-state index in [0.717, 1.165) is 5.56 Å². The van der Waals surface area contributed by atoms with Gasteiger partial charge in [-0.25, -0.2) is 9.97 Å². The normalized spacial score (nSPS) is 11.4. The van der Waals surface area contributed by atoms with Crippen LogP contribution in [0.2, 0.25) is 0 Å². The third kappa shape index (κ3) is 3.30. The summed E-state index contributed by atoms with van der Waals surface area (Å²) in [6.07, 6.45) is 2.86. The van der Waals surface area contributed by atoms with Gasteiger partial charge in [-0.05, 0) is 19.8 Å². The highest BCUT2D eigenvalue weighted by molar-refractivity contribution is 5.47. The number of nitrogens with one attached hydrogen (secondary N) is 1. The van der Waals surface area contributed by atoms with E-state index in [2.05, 4.69) is 15.3 Å². The summed E-state index contributed by atoms with van der Waals surface area (Å²) in [6, 6.07) is 0. The van der Waals surface area contributed by atoms with Crippen molar-refractivity contribution in [2.24, 2.45) is 0 Å². The van der Waals surface area contributed by atoms with Gasteiger partial charge in [0.05, 0.1) is 18.3 Å². The van der Waals surface area contributed by atoms with Crippen molar-refractivity contribution in [3.63, 3.8) is 0 Å². The molecule has 1 aromatic rings. The van der Waals surface area contributed by atoms with Gasteiger partial charge in [-0.3, -0.25) is 0 Å². The summed E-state index contributed by atoms with van der Waals surface area (Å²) in [4.78, 5) is 8.15. The molecule has 0 saturated carbocycles. The quantitative estimate of drug-likeness (QED) is 0.791. The monoisotopic (exact) mass is 239 g/mol. The first kappa shape index (κ1) is 13.7. The number of methoxy groups -OCH3 is 1. The zero-order chi connectivity index (χ0) is 12.9.